The van der Waals surface area contributed by atoms with E-state index in [0.29, 0.717) is 0 Å². The van der Waals surface area contributed by atoms with Gasteiger partial charge in [-0.3, -0.25) is 4.90 Å². The molecule has 3 rings (SSSR count). The van der Waals surface area contributed by atoms with Crippen LogP contribution in [0.5, 0.6) is 0 Å². The van der Waals surface area contributed by atoms with Crippen molar-refractivity contribution < 1.29 is 0 Å². The summed E-state index contributed by atoms with van der Waals surface area (Å²) in [5, 5.41) is 5.58. The second-order valence-corrected chi connectivity index (χ2v) is 7.08. The Balaban J connectivity index is 1.58. The molecule has 3 heteroatoms. The van der Waals surface area contributed by atoms with E-state index in [2.05, 4.69) is 28.7 Å². The fourth-order valence-electron chi connectivity index (χ4n) is 3.74. The summed E-state index contributed by atoms with van der Waals surface area (Å²) in [6, 6.07) is 3.12. The zero-order chi connectivity index (χ0) is 13.1. The molecule has 1 unspecified atom stereocenters. The van der Waals surface area contributed by atoms with Crippen molar-refractivity contribution in [1.29, 1.82) is 0 Å². The standard InChI is InChI=1S/C16H26N2S/c1-17-9-5-13-6-10-18(11-7-13)15-3-2-4-16-14(15)8-12-19-16/h8,12-13,15,17H,2-7,9-11H2,1H3. The van der Waals surface area contributed by atoms with E-state index in [1.807, 2.05) is 11.3 Å². The number of likely N-dealkylation sites (tertiary alicyclic amines) is 1. The molecule has 2 nitrogen and oxygen atoms in total. The molecule has 1 atom stereocenters. The van der Waals surface area contributed by atoms with Crippen LogP contribution in [0.4, 0.5) is 0 Å². The van der Waals surface area contributed by atoms with Crippen molar-refractivity contribution in [1.82, 2.24) is 10.2 Å². The van der Waals surface area contributed by atoms with Crippen LogP contribution in [0, 0.1) is 5.92 Å². The Morgan fingerprint density at radius 3 is 2.95 bits per heavy atom. The van der Waals surface area contributed by atoms with E-state index in [1.165, 1.54) is 58.2 Å². The average molecular weight is 278 g/mol. The highest BCUT2D eigenvalue weighted by molar-refractivity contribution is 7.10. The molecule has 106 valence electrons. The molecule has 0 amide bonds. The number of hydrogen-bond donors (Lipinski definition) is 1. The third-order valence-corrected chi connectivity index (χ3v) is 5.91. The van der Waals surface area contributed by atoms with Crippen molar-refractivity contribution in [3.8, 4) is 0 Å². The van der Waals surface area contributed by atoms with Crippen LogP contribution in [-0.2, 0) is 6.42 Å². The number of fused-ring (bicyclic) bond motifs is 1. The number of nitrogens with one attached hydrogen (secondary N) is 1. The average Bonchev–Trinajstić information content (AvgIpc) is 2.94. The van der Waals surface area contributed by atoms with Gasteiger partial charge in [-0.05, 0) is 88.1 Å². The van der Waals surface area contributed by atoms with Crippen LogP contribution in [0.15, 0.2) is 11.4 Å². The molecular weight excluding hydrogens is 252 g/mol. The lowest BCUT2D eigenvalue weighted by Crippen LogP contribution is -2.38. The van der Waals surface area contributed by atoms with Crippen LogP contribution in [-0.4, -0.2) is 31.6 Å². The third-order valence-electron chi connectivity index (χ3n) is 4.91. The molecule has 1 fully saturated rings. The molecule has 0 saturated carbocycles. The minimum absolute atomic E-state index is 0.736. The van der Waals surface area contributed by atoms with Crippen molar-refractivity contribution in [2.24, 2.45) is 5.92 Å². The van der Waals surface area contributed by atoms with E-state index in [-0.39, 0.29) is 0 Å². The second kappa shape index (κ2) is 6.38. The van der Waals surface area contributed by atoms with Crippen molar-refractivity contribution in [2.75, 3.05) is 26.7 Å². The fourth-order valence-corrected chi connectivity index (χ4v) is 4.72. The summed E-state index contributed by atoms with van der Waals surface area (Å²) in [5.41, 5.74) is 1.66. The molecule has 2 heterocycles. The van der Waals surface area contributed by atoms with Gasteiger partial charge in [-0.1, -0.05) is 0 Å². The highest BCUT2D eigenvalue weighted by atomic mass is 32.1. The quantitative estimate of drug-likeness (QED) is 0.907. The zero-order valence-corrected chi connectivity index (χ0v) is 12.8. The summed E-state index contributed by atoms with van der Waals surface area (Å²) < 4.78 is 0. The van der Waals surface area contributed by atoms with Crippen LogP contribution in [0.2, 0.25) is 0 Å². The molecule has 1 aromatic heterocycles. The Labute approximate surface area is 121 Å². The first-order valence-electron chi connectivity index (χ1n) is 7.83. The first-order valence-corrected chi connectivity index (χ1v) is 8.71. The molecule has 0 bridgehead atoms. The predicted molar refractivity (Wildman–Crippen MR) is 82.8 cm³/mol. The van der Waals surface area contributed by atoms with Crippen LogP contribution < -0.4 is 5.32 Å². The lowest BCUT2D eigenvalue weighted by Gasteiger charge is -2.39. The summed E-state index contributed by atoms with van der Waals surface area (Å²) in [6.45, 7) is 3.81. The fraction of sp³-hybridized carbons (Fsp3) is 0.750. The maximum absolute atomic E-state index is 3.29. The summed E-state index contributed by atoms with van der Waals surface area (Å²) >= 11 is 1.97. The number of rotatable bonds is 4. The van der Waals surface area contributed by atoms with Crippen LogP contribution in [0.3, 0.4) is 0 Å². The molecule has 1 saturated heterocycles. The monoisotopic (exact) mass is 278 g/mol. The van der Waals surface area contributed by atoms with Gasteiger partial charge in [-0.15, -0.1) is 11.3 Å². The molecule has 1 N–H and O–H groups in total. The number of aryl methyl sites for hydroxylation is 1. The van der Waals surface area contributed by atoms with Gasteiger partial charge in [0.2, 0.25) is 0 Å². The molecule has 1 aliphatic heterocycles. The normalized spacial score (nSPS) is 25.4. The van der Waals surface area contributed by atoms with Gasteiger partial charge in [-0.25, -0.2) is 0 Å². The highest BCUT2D eigenvalue weighted by Gasteiger charge is 2.29. The van der Waals surface area contributed by atoms with Gasteiger partial charge >= 0.3 is 0 Å². The Bertz CT molecular complexity index is 393. The van der Waals surface area contributed by atoms with E-state index in [0.717, 1.165) is 12.0 Å². The maximum Gasteiger partial charge on any atom is 0.0359 e. The smallest absolute Gasteiger partial charge is 0.0359 e. The molecule has 19 heavy (non-hydrogen) atoms. The van der Waals surface area contributed by atoms with E-state index in [1.54, 1.807) is 10.4 Å². The lowest BCUT2D eigenvalue weighted by molar-refractivity contribution is 0.118. The third kappa shape index (κ3) is 3.04. The number of thiophene rings is 1. The molecule has 0 aromatic carbocycles. The van der Waals surface area contributed by atoms with E-state index in [9.17, 15) is 0 Å². The van der Waals surface area contributed by atoms with Gasteiger partial charge in [0.25, 0.3) is 0 Å². The summed E-state index contributed by atoms with van der Waals surface area (Å²) in [6.07, 6.45) is 8.25. The zero-order valence-electron chi connectivity index (χ0n) is 12.0. The second-order valence-electron chi connectivity index (χ2n) is 6.08. The lowest BCUT2D eigenvalue weighted by atomic mass is 9.88. The minimum atomic E-state index is 0.736. The summed E-state index contributed by atoms with van der Waals surface area (Å²) in [5.74, 6) is 0.953. The van der Waals surface area contributed by atoms with Gasteiger partial charge in [-0.2, -0.15) is 0 Å². The van der Waals surface area contributed by atoms with E-state index >= 15 is 0 Å². The topological polar surface area (TPSA) is 15.3 Å². The number of nitrogens with zero attached hydrogens (tertiary/aromatic N) is 1. The number of hydrogen-bond acceptors (Lipinski definition) is 3. The summed E-state index contributed by atoms with van der Waals surface area (Å²) in [7, 11) is 2.06. The van der Waals surface area contributed by atoms with Gasteiger partial charge in [0.15, 0.2) is 0 Å². The van der Waals surface area contributed by atoms with E-state index in [4.69, 9.17) is 0 Å². The van der Waals surface area contributed by atoms with Gasteiger partial charge in [0.05, 0.1) is 0 Å². The van der Waals surface area contributed by atoms with Gasteiger partial charge in [0, 0.05) is 10.9 Å². The van der Waals surface area contributed by atoms with Gasteiger partial charge in [0.1, 0.15) is 0 Å². The van der Waals surface area contributed by atoms with Gasteiger partial charge < -0.3 is 5.32 Å². The molecular formula is C16H26N2S. The number of piperidine rings is 1. The molecule has 0 spiro atoms. The van der Waals surface area contributed by atoms with E-state index < -0.39 is 0 Å². The predicted octanol–water partition coefficient (Wildman–Crippen LogP) is 3.45. The first kappa shape index (κ1) is 13.6. The van der Waals surface area contributed by atoms with Crippen molar-refractivity contribution in [3.05, 3.63) is 21.9 Å². The Hall–Kier alpha value is -0.380. The maximum atomic E-state index is 3.29. The summed E-state index contributed by atoms with van der Waals surface area (Å²) in [4.78, 5) is 4.43. The Kier molecular flexibility index (Phi) is 4.57. The first-order chi connectivity index (χ1) is 9.38. The Morgan fingerprint density at radius 2 is 2.16 bits per heavy atom. The largest absolute Gasteiger partial charge is 0.320 e. The van der Waals surface area contributed by atoms with Crippen molar-refractivity contribution in [2.45, 2.75) is 44.6 Å². The van der Waals surface area contributed by atoms with Crippen LogP contribution >= 0.6 is 11.3 Å². The molecule has 1 aromatic rings. The van der Waals surface area contributed by atoms with Crippen LogP contribution in [0.1, 0.15) is 48.6 Å². The van der Waals surface area contributed by atoms with Crippen molar-refractivity contribution >= 4 is 11.3 Å². The Morgan fingerprint density at radius 1 is 1.32 bits per heavy atom. The van der Waals surface area contributed by atoms with Crippen LogP contribution in [0.25, 0.3) is 0 Å². The minimum Gasteiger partial charge on any atom is -0.320 e. The molecule has 2 aliphatic rings. The molecule has 0 radical (unpaired) electrons. The molecule has 1 aliphatic carbocycles. The highest BCUT2D eigenvalue weighted by Crippen LogP contribution is 2.38. The SMILES string of the molecule is CNCCC1CCN(C2CCCc3sccc32)CC1. The van der Waals surface area contributed by atoms with Crippen molar-refractivity contribution in [3.63, 3.8) is 0 Å².